The molecule has 0 fully saturated rings. The van der Waals surface area contributed by atoms with Crippen LogP contribution < -0.4 is 22.1 Å². The second kappa shape index (κ2) is 18.2. The molecule has 2 aromatic carbocycles. The third kappa shape index (κ3) is 11.7. The number of hydrogen-bond acceptors (Lipinski definition) is 7. The lowest BCUT2D eigenvalue weighted by Crippen LogP contribution is -2.48. The molecule has 0 aliphatic carbocycles. The first-order chi connectivity index (χ1) is 24.0. The molecule has 0 saturated carbocycles. The van der Waals surface area contributed by atoms with Gasteiger partial charge in [-0.25, -0.2) is 13.6 Å². The van der Waals surface area contributed by atoms with Crippen molar-refractivity contribution in [3.63, 3.8) is 0 Å². The lowest BCUT2D eigenvalue weighted by molar-refractivity contribution is -0.143. The van der Waals surface area contributed by atoms with E-state index < -0.39 is 71.3 Å². The molecule has 0 saturated heterocycles. The average Bonchev–Trinajstić information content (AvgIpc) is 3.47. The molecule has 3 amide bonds. The van der Waals surface area contributed by atoms with Crippen molar-refractivity contribution in [3.8, 4) is 11.1 Å². The van der Waals surface area contributed by atoms with Gasteiger partial charge in [-0.1, -0.05) is 51.1 Å². The zero-order valence-corrected chi connectivity index (χ0v) is 28.9. The van der Waals surface area contributed by atoms with Crippen LogP contribution in [0.5, 0.6) is 0 Å². The van der Waals surface area contributed by atoms with Crippen LogP contribution in [-0.2, 0) is 30.5 Å². The summed E-state index contributed by atoms with van der Waals surface area (Å²) in [5, 5.41) is 22.8. The summed E-state index contributed by atoms with van der Waals surface area (Å²) in [6.45, 7) is 5.59. The van der Waals surface area contributed by atoms with Gasteiger partial charge < -0.3 is 41.8 Å². The van der Waals surface area contributed by atoms with E-state index in [4.69, 9.17) is 16.6 Å². The van der Waals surface area contributed by atoms with Gasteiger partial charge in [0.25, 0.3) is 0 Å². The Labute approximate surface area is 295 Å². The summed E-state index contributed by atoms with van der Waals surface area (Å²) in [5.74, 6) is -5.56. The third-order valence-corrected chi connectivity index (χ3v) is 8.22. The van der Waals surface area contributed by atoms with Gasteiger partial charge in [0, 0.05) is 55.5 Å². The monoisotopic (exact) mass is 712 g/mol. The van der Waals surface area contributed by atoms with Crippen molar-refractivity contribution >= 4 is 29.7 Å². The van der Waals surface area contributed by atoms with E-state index in [2.05, 4.69) is 10.6 Å². The summed E-state index contributed by atoms with van der Waals surface area (Å²) in [7, 11) is 0. The molecule has 8 N–H and O–H groups in total. The Morgan fingerprint density at radius 3 is 2.25 bits per heavy atom. The topological polar surface area (TPSA) is 210 Å². The number of halogens is 2. The number of carboxylic acid groups (broad SMARTS) is 2. The fourth-order valence-corrected chi connectivity index (χ4v) is 5.76. The minimum atomic E-state index is -1.40. The molecule has 276 valence electrons. The van der Waals surface area contributed by atoms with Crippen LogP contribution >= 0.6 is 0 Å². The summed E-state index contributed by atoms with van der Waals surface area (Å²) < 4.78 is 31.1. The lowest BCUT2D eigenvalue weighted by atomic mass is 9.82. The molecule has 0 aliphatic heterocycles. The van der Waals surface area contributed by atoms with Crippen LogP contribution in [0, 0.1) is 17.0 Å². The van der Waals surface area contributed by atoms with E-state index in [9.17, 15) is 37.9 Å². The number of hydrogen-bond donors (Lipinski definition) is 6. The maximum absolute atomic E-state index is 15.0. The van der Waals surface area contributed by atoms with Crippen LogP contribution in [0.2, 0.25) is 0 Å². The number of nitrogens with two attached hydrogens (primary N) is 2. The molecule has 1 heterocycles. The number of benzene rings is 2. The first-order valence-electron chi connectivity index (χ1n) is 16.5. The van der Waals surface area contributed by atoms with Crippen LogP contribution in [0.3, 0.4) is 0 Å². The number of nitrogens with zero attached hydrogens (tertiary/aromatic N) is 2. The number of nitrogens with one attached hydrogen (secondary N) is 2. The molecular formula is C36H46F2N6O7. The fraction of sp³-hybridized carbons (Fsp3) is 0.417. The number of amides is 3. The highest BCUT2D eigenvalue weighted by atomic mass is 19.1. The van der Waals surface area contributed by atoms with Crippen molar-refractivity contribution in [1.29, 1.82) is 0 Å². The van der Waals surface area contributed by atoms with Crippen LogP contribution in [0.15, 0.2) is 60.8 Å². The molecule has 0 radical (unpaired) electrons. The van der Waals surface area contributed by atoms with Crippen LogP contribution in [0.4, 0.5) is 8.78 Å². The molecule has 0 spiro atoms. The van der Waals surface area contributed by atoms with Crippen molar-refractivity contribution in [2.75, 3.05) is 19.6 Å². The number of carbonyl (C=O) groups excluding carboxylic acids is 3. The van der Waals surface area contributed by atoms with Crippen molar-refractivity contribution in [3.05, 3.63) is 83.7 Å². The number of aromatic nitrogens is 1. The Balaban J connectivity index is 1.82. The minimum absolute atomic E-state index is 0.00258. The van der Waals surface area contributed by atoms with E-state index >= 15 is 0 Å². The fourth-order valence-electron chi connectivity index (χ4n) is 5.76. The molecule has 0 unspecified atom stereocenters. The SMILES string of the molecule is CC(C)(C)[C@H](c1cc(-c2cc(F)ccc2F)cn1Cc1ccccc1)N(CC[C@H](N)C(=O)NCCC(=O)N[C@H](CCC(=O)O)C(=O)O)C(=O)CN. The van der Waals surface area contributed by atoms with E-state index in [-0.39, 0.29) is 44.5 Å². The Kier molecular flexibility index (Phi) is 14.4. The van der Waals surface area contributed by atoms with E-state index in [1.54, 1.807) is 12.3 Å². The Morgan fingerprint density at radius 1 is 0.961 bits per heavy atom. The summed E-state index contributed by atoms with van der Waals surface area (Å²) in [4.78, 5) is 62.3. The van der Waals surface area contributed by atoms with Crippen LogP contribution in [-0.4, -0.2) is 81.1 Å². The second-order valence-electron chi connectivity index (χ2n) is 13.3. The van der Waals surface area contributed by atoms with Gasteiger partial charge in [0.15, 0.2) is 0 Å². The first-order valence-corrected chi connectivity index (χ1v) is 16.5. The van der Waals surface area contributed by atoms with E-state index in [1.165, 1.54) is 4.90 Å². The molecule has 3 atom stereocenters. The van der Waals surface area contributed by atoms with Gasteiger partial charge in [-0.3, -0.25) is 19.2 Å². The molecule has 13 nitrogen and oxygen atoms in total. The number of rotatable bonds is 18. The molecule has 3 aromatic rings. The summed E-state index contributed by atoms with van der Waals surface area (Å²) in [6, 6.07) is 11.2. The smallest absolute Gasteiger partial charge is 0.326 e. The van der Waals surface area contributed by atoms with Crippen LogP contribution in [0.1, 0.15) is 63.8 Å². The number of carbonyl (C=O) groups is 5. The van der Waals surface area contributed by atoms with Crippen molar-refractivity contribution < 1.29 is 43.0 Å². The minimum Gasteiger partial charge on any atom is -0.481 e. The Bertz CT molecular complexity index is 1690. The molecule has 0 aliphatic rings. The highest BCUT2D eigenvalue weighted by Crippen LogP contribution is 2.41. The highest BCUT2D eigenvalue weighted by Gasteiger charge is 2.37. The van der Waals surface area contributed by atoms with Crippen molar-refractivity contribution in [2.24, 2.45) is 16.9 Å². The van der Waals surface area contributed by atoms with Gasteiger partial charge in [-0.05, 0) is 48.1 Å². The van der Waals surface area contributed by atoms with Crippen LogP contribution in [0.25, 0.3) is 11.1 Å². The quantitative estimate of drug-likeness (QED) is 0.114. The van der Waals surface area contributed by atoms with E-state index in [1.807, 2.05) is 55.7 Å². The number of carboxylic acids is 2. The van der Waals surface area contributed by atoms with E-state index in [0.29, 0.717) is 17.8 Å². The lowest BCUT2D eigenvalue weighted by Gasteiger charge is -2.41. The normalized spacial score (nSPS) is 13.2. The molecular weight excluding hydrogens is 666 g/mol. The predicted octanol–water partition coefficient (Wildman–Crippen LogP) is 3.01. The maximum atomic E-state index is 15.0. The first kappa shape index (κ1) is 40.3. The third-order valence-electron chi connectivity index (χ3n) is 8.22. The highest BCUT2D eigenvalue weighted by molar-refractivity contribution is 5.85. The van der Waals surface area contributed by atoms with Gasteiger partial charge in [0.1, 0.15) is 17.7 Å². The maximum Gasteiger partial charge on any atom is 0.326 e. The molecule has 15 heteroatoms. The van der Waals surface area contributed by atoms with Gasteiger partial charge in [-0.15, -0.1) is 0 Å². The number of aliphatic carboxylic acids is 2. The van der Waals surface area contributed by atoms with Crippen molar-refractivity contribution in [1.82, 2.24) is 20.1 Å². The Morgan fingerprint density at radius 2 is 1.65 bits per heavy atom. The Hall–Kier alpha value is -5.15. The van der Waals surface area contributed by atoms with Crippen molar-refractivity contribution in [2.45, 2.75) is 71.1 Å². The standard InChI is InChI=1S/C36H46F2N6O7/c1-36(2,3)33(29-17-23(25-18-24(37)9-10-26(25)38)21-43(29)20-22-7-5-4-6-8-22)44(31(46)19-39)16-14-27(40)34(49)41-15-13-30(45)42-28(35(50)51)11-12-32(47)48/h4-10,17-18,21,27-28,33H,11-16,19-20,39-40H2,1-3H3,(H,41,49)(H,42,45)(H,47,48)(H,50,51)/t27-,28+,33-/m0/s1. The molecule has 51 heavy (non-hydrogen) atoms. The summed E-state index contributed by atoms with van der Waals surface area (Å²) >= 11 is 0. The molecule has 3 rings (SSSR count). The van der Waals surface area contributed by atoms with Gasteiger partial charge in [0.2, 0.25) is 17.7 Å². The molecule has 0 bridgehead atoms. The predicted molar refractivity (Wildman–Crippen MR) is 185 cm³/mol. The second-order valence-corrected chi connectivity index (χ2v) is 13.3. The molecule has 1 aromatic heterocycles. The van der Waals surface area contributed by atoms with E-state index in [0.717, 1.165) is 23.8 Å². The summed E-state index contributed by atoms with van der Waals surface area (Å²) in [5.41, 5.74) is 13.5. The van der Waals surface area contributed by atoms with Gasteiger partial charge in [0.05, 0.1) is 18.6 Å². The largest absolute Gasteiger partial charge is 0.481 e. The van der Waals surface area contributed by atoms with Gasteiger partial charge in [-0.2, -0.15) is 0 Å². The zero-order chi connectivity index (χ0) is 37.9. The zero-order valence-electron chi connectivity index (χ0n) is 28.9. The van der Waals surface area contributed by atoms with Gasteiger partial charge >= 0.3 is 11.9 Å². The summed E-state index contributed by atoms with van der Waals surface area (Å²) in [6.07, 6.45) is 0.669. The average molecular weight is 713 g/mol.